The monoisotopic (exact) mass is 399 g/mol. The van der Waals surface area contributed by atoms with Crippen molar-refractivity contribution >= 4 is 43.9 Å². The van der Waals surface area contributed by atoms with Gasteiger partial charge >= 0.3 is 0 Å². The second-order valence-electron chi connectivity index (χ2n) is 7.68. The van der Waals surface area contributed by atoms with E-state index in [-0.39, 0.29) is 5.82 Å². The van der Waals surface area contributed by atoms with Crippen molar-refractivity contribution in [3.63, 3.8) is 0 Å². The summed E-state index contributed by atoms with van der Waals surface area (Å²) in [5, 5.41) is 3.13. The number of aryl methyl sites for hydroxylation is 2. The largest absolute Gasteiger partial charge is 0.451 e. The number of halogens is 2. The van der Waals surface area contributed by atoms with Gasteiger partial charge in [-0.25, -0.2) is 13.3 Å². The van der Waals surface area contributed by atoms with Crippen LogP contribution in [0, 0.1) is 18.6 Å². The molecule has 0 spiro atoms. The zero-order valence-corrected chi connectivity index (χ0v) is 16.4. The van der Waals surface area contributed by atoms with Crippen LogP contribution in [0.2, 0.25) is 0 Å². The summed E-state index contributed by atoms with van der Waals surface area (Å²) in [6.07, 6.45) is 1.99. The molecule has 5 heteroatoms. The van der Waals surface area contributed by atoms with Crippen molar-refractivity contribution in [3.05, 3.63) is 84.1 Å². The van der Waals surface area contributed by atoms with Gasteiger partial charge in [-0.15, -0.1) is 0 Å². The zero-order chi connectivity index (χ0) is 20.6. The van der Waals surface area contributed by atoms with Crippen molar-refractivity contribution in [1.29, 1.82) is 0 Å². The maximum absolute atomic E-state index is 15.1. The van der Waals surface area contributed by atoms with E-state index in [4.69, 9.17) is 4.42 Å². The summed E-state index contributed by atoms with van der Waals surface area (Å²) in [6.45, 7) is 1.87. The lowest BCUT2D eigenvalue weighted by Crippen LogP contribution is -2.30. The number of pyridine rings is 1. The van der Waals surface area contributed by atoms with Crippen molar-refractivity contribution in [2.45, 2.75) is 6.92 Å². The molecule has 0 saturated heterocycles. The molecule has 3 heterocycles. The van der Waals surface area contributed by atoms with E-state index < -0.39 is 5.82 Å². The Kier molecular flexibility index (Phi) is 3.37. The summed E-state index contributed by atoms with van der Waals surface area (Å²) < 4.78 is 39.1. The van der Waals surface area contributed by atoms with Crippen molar-refractivity contribution in [2.75, 3.05) is 0 Å². The average Bonchev–Trinajstić information content (AvgIpc) is 3.25. The number of fused-ring (bicyclic) bond motifs is 6. The lowest BCUT2D eigenvalue weighted by molar-refractivity contribution is -0.647. The molecule has 0 aliphatic heterocycles. The molecule has 146 valence electrons. The normalized spacial score (nSPS) is 12.0. The smallest absolute Gasteiger partial charge is 0.295 e. The summed E-state index contributed by atoms with van der Waals surface area (Å²) in [5.74, 6) is -0.787. The molecule has 0 aliphatic carbocycles. The van der Waals surface area contributed by atoms with Crippen LogP contribution in [0.15, 0.2) is 71.3 Å². The Labute approximate surface area is 170 Å². The molecule has 3 aromatic carbocycles. The third-order valence-corrected chi connectivity index (χ3v) is 5.84. The van der Waals surface area contributed by atoms with Crippen LogP contribution in [0.25, 0.3) is 49.6 Å². The maximum atomic E-state index is 15.1. The molecule has 6 rings (SSSR count). The van der Waals surface area contributed by atoms with Gasteiger partial charge in [0.05, 0.1) is 24.0 Å². The molecular formula is C25H17F2N2O+. The number of hydrogen-bond donors (Lipinski definition) is 0. The van der Waals surface area contributed by atoms with E-state index in [1.54, 1.807) is 6.07 Å². The second-order valence-corrected chi connectivity index (χ2v) is 7.68. The molecule has 0 N–H and O–H groups in total. The summed E-state index contributed by atoms with van der Waals surface area (Å²) in [6, 6.07) is 18.0. The molecule has 0 fully saturated rings. The summed E-state index contributed by atoms with van der Waals surface area (Å²) in [4.78, 5) is 0. The van der Waals surface area contributed by atoms with Crippen LogP contribution in [0.3, 0.4) is 0 Å². The number of aromatic nitrogens is 2. The second kappa shape index (κ2) is 5.89. The van der Waals surface area contributed by atoms with Gasteiger partial charge in [0.1, 0.15) is 22.7 Å². The van der Waals surface area contributed by atoms with Crippen LogP contribution < -0.4 is 4.57 Å². The highest BCUT2D eigenvalue weighted by Gasteiger charge is 2.28. The SMILES string of the molecule is Cc1cc(F)c2c(oc3cc(F)ccc32)c1-n1c2ccccc2c2ccc[n+](C)c21. The number of nitrogens with zero attached hydrogens (tertiary/aromatic N) is 2. The fourth-order valence-corrected chi connectivity index (χ4v) is 4.59. The molecular weight excluding hydrogens is 382 g/mol. The van der Waals surface area contributed by atoms with Gasteiger partial charge in [0.25, 0.3) is 5.65 Å². The lowest BCUT2D eigenvalue weighted by Gasteiger charge is -2.07. The Balaban J connectivity index is 1.89. The highest BCUT2D eigenvalue weighted by Crippen LogP contribution is 2.39. The Morgan fingerprint density at radius 2 is 1.70 bits per heavy atom. The minimum Gasteiger partial charge on any atom is -0.451 e. The van der Waals surface area contributed by atoms with Gasteiger partial charge in [-0.05, 0) is 49.4 Å². The molecule has 3 aromatic heterocycles. The van der Waals surface area contributed by atoms with Crippen molar-refractivity contribution < 1.29 is 17.8 Å². The first-order chi connectivity index (χ1) is 14.5. The fourth-order valence-electron chi connectivity index (χ4n) is 4.59. The molecule has 0 aliphatic rings. The summed E-state index contributed by atoms with van der Waals surface area (Å²) >= 11 is 0. The van der Waals surface area contributed by atoms with Crippen LogP contribution in [-0.4, -0.2) is 4.57 Å². The van der Waals surface area contributed by atoms with E-state index in [2.05, 4.69) is 16.7 Å². The predicted molar refractivity (Wildman–Crippen MR) is 114 cm³/mol. The van der Waals surface area contributed by atoms with E-state index in [0.29, 0.717) is 21.9 Å². The number of furan rings is 1. The number of hydrogen-bond acceptors (Lipinski definition) is 1. The average molecular weight is 399 g/mol. The van der Waals surface area contributed by atoms with Gasteiger partial charge in [0, 0.05) is 22.4 Å². The molecule has 0 atom stereocenters. The highest BCUT2D eigenvalue weighted by atomic mass is 19.1. The molecule has 0 radical (unpaired) electrons. The topological polar surface area (TPSA) is 21.9 Å². The molecule has 0 saturated carbocycles. The first kappa shape index (κ1) is 17.2. The standard InChI is InChI=1S/C25H17F2N2O/c1-14-12-19(27)22-18-10-9-15(26)13-21(18)30-24(22)23(14)29-20-8-4-3-6-16(20)17-7-5-11-28(2)25(17)29/h3-13H,1-2H3/q+1. The number of benzene rings is 3. The molecule has 0 unspecified atom stereocenters. The zero-order valence-electron chi connectivity index (χ0n) is 16.4. The highest BCUT2D eigenvalue weighted by molar-refractivity contribution is 6.11. The van der Waals surface area contributed by atoms with Crippen LogP contribution in [0.4, 0.5) is 8.78 Å². The Morgan fingerprint density at radius 1 is 0.900 bits per heavy atom. The maximum Gasteiger partial charge on any atom is 0.295 e. The third-order valence-electron chi connectivity index (χ3n) is 5.84. The van der Waals surface area contributed by atoms with Gasteiger partial charge in [0.15, 0.2) is 11.3 Å². The number of rotatable bonds is 1. The molecule has 30 heavy (non-hydrogen) atoms. The van der Waals surface area contributed by atoms with E-state index in [1.165, 1.54) is 18.2 Å². The Hall–Kier alpha value is -3.73. The van der Waals surface area contributed by atoms with Crippen LogP contribution in [-0.2, 0) is 7.05 Å². The van der Waals surface area contributed by atoms with Crippen molar-refractivity contribution in [1.82, 2.24) is 4.57 Å². The minimum atomic E-state index is -0.413. The van der Waals surface area contributed by atoms with Crippen LogP contribution in [0.1, 0.15) is 5.56 Å². The van der Waals surface area contributed by atoms with Gasteiger partial charge in [-0.2, -0.15) is 4.57 Å². The van der Waals surface area contributed by atoms with E-state index in [1.807, 2.05) is 49.0 Å². The Morgan fingerprint density at radius 3 is 2.57 bits per heavy atom. The van der Waals surface area contributed by atoms with Crippen LogP contribution in [0.5, 0.6) is 0 Å². The first-order valence-corrected chi connectivity index (χ1v) is 9.73. The lowest BCUT2D eigenvalue weighted by atomic mass is 10.1. The quantitative estimate of drug-likeness (QED) is 0.307. The van der Waals surface area contributed by atoms with Gasteiger partial charge < -0.3 is 4.42 Å². The predicted octanol–water partition coefficient (Wildman–Crippen LogP) is 6.09. The van der Waals surface area contributed by atoms with E-state index >= 15 is 4.39 Å². The summed E-state index contributed by atoms with van der Waals surface area (Å²) in [7, 11) is 1.99. The van der Waals surface area contributed by atoms with Gasteiger partial charge in [-0.3, -0.25) is 0 Å². The van der Waals surface area contributed by atoms with E-state index in [0.717, 1.165) is 33.2 Å². The number of para-hydroxylation sites is 1. The summed E-state index contributed by atoms with van der Waals surface area (Å²) in [5.41, 5.74) is 4.22. The molecule has 0 bridgehead atoms. The fraction of sp³-hybridized carbons (Fsp3) is 0.0800. The van der Waals surface area contributed by atoms with Gasteiger partial charge in [-0.1, -0.05) is 12.1 Å². The van der Waals surface area contributed by atoms with Crippen molar-refractivity contribution in [2.24, 2.45) is 7.05 Å². The Bertz CT molecular complexity index is 1640. The molecule has 0 amide bonds. The van der Waals surface area contributed by atoms with Crippen molar-refractivity contribution in [3.8, 4) is 5.69 Å². The first-order valence-electron chi connectivity index (χ1n) is 9.73. The third kappa shape index (κ3) is 2.15. The van der Waals surface area contributed by atoms with E-state index in [9.17, 15) is 4.39 Å². The minimum absolute atomic E-state index is 0.334. The molecule has 3 nitrogen and oxygen atoms in total. The van der Waals surface area contributed by atoms with Gasteiger partial charge in [0.2, 0.25) is 0 Å². The molecule has 6 aromatic rings. The van der Waals surface area contributed by atoms with Crippen LogP contribution >= 0.6 is 0 Å².